The van der Waals surface area contributed by atoms with Crippen molar-refractivity contribution in [3.8, 4) is 0 Å². The van der Waals surface area contributed by atoms with Gasteiger partial charge in [0.1, 0.15) is 4.99 Å². The summed E-state index contributed by atoms with van der Waals surface area (Å²) < 4.78 is 0. The molecule has 0 bridgehead atoms. The fraction of sp³-hybridized carbons (Fsp3) is 0.333. The summed E-state index contributed by atoms with van der Waals surface area (Å²) in [6.07, 6.45) is 0.256. The maximum Gasteiger partial charge on any atom is 0.253 e. The molecule has 1 aromatic carbocycles. The van der Waals surface area contributed by atoms with Gasteiger partial charge in [-0.05, 0) is 18.6 Å². The van der Waals surface area contributed by atoms with Crippen LogP contribution in [0.5, 0.6) is 0 Å². The van der Waals surface area contributed by atoms with Crippen LogP contribution in [-0.4, -0.2) is 40.1 Å². The van der Waals surface area contributed by atoms with Crippen LogP contribution in [0.25, 0.3) is 0 Å². The molecule has 0 radical (unpaired) electrons. The summed E-state index contributed by atoms with van der Waals surface area (Å²) in [7, 11) is 0. The van der Waals surface area contributed by atoms with Gasteiger partial charge in [-0.2, -0.15) is 0 Å². The topological polar surface area (TPSA) is 66.6 Å². The van der Waals surface area contributed by atoms with E-state index in [4.69, 9.17) is 18.0 Å². The van der Waals surface area contributed by atoms with Crippen molar-refractivity contribution in [1.29, 1.82) is 0 Å². The number of aliphatic hydroxyl groups is 1. The Morgan fingerprint density at radius 3 is 2.41 bits per heavy atom. The van der Waals surface area contributed by atoms with E-state index in [1.54, 1.807) is 29.2 Å². The Hall–Kier alpha value is -1.46. The molecule has 0 aromatic heterocycles. The van der Waals surface area contributed by atoms with E-state index in [0.717, 1.165) is 5.56 Å². The Bertz CT molecular complexity index is 444. The van der Waals surface area contributed by atoms with Crippen molar-refractivity contribution >= 4 is 23.1 Å². The molecule has 0 aliphatic carbocycles. The predicted molar refractivity (Wildman–Crippen MR) is 68.9 cm³/mol. The van der Waals surface area contributed by atoms with Crippen LogP contribution in [0.3, 0.4) is 0 Å². The second kappa shape index (κ2) is 4.81. The van der Waals surface area contributed by atoms with Crippen molar-refractivity contribution in [2.45, 2.75) is 12.5 Å². The van der Waals surface area contributed by atoms with Gasteiger partial charge < -0.3 is 15.7 Å². The van der Waals surface area contributed by atoms with E-state index in [1.807, 2.05) is 0 Å². The lowest BCUT2D eigenvalue weighted by Gasteiger charge is -2.15. The molecule has 4 nitrogen and oxygen atoms in total. The molecule has 17 heavy (non-hydrogen) atoms. The molecule has 2 rings (SSSR count). The normalized spacial score (nSPS) is 19.4. The number of nitrogens with zero attached hydrogens (tertiary/aromatic N) is 1. The zero-order valence-corrected chi connectivity index (χ0v) is 10.1. The lowest BCUT2D eigenvalue weighted by atomic mass is 10.1. The van der Waals surface area contributed by atoms with Gasteiger partial charge >= 0.3 is 0 Å². The molecule has 3 N–H and O–H groups in total. The number of β-amino-alcohol motifs (C(OH)–C–C–N with tert-alkyl or cyclic N) is 1. The number of aliphatic hydroxyl groups excluding tert-OH is 1. The van der Waals surface area contributed by atoms with Crippen molar-refractivity contribution in [3.05, 3.63) is 35.4 Å². The number of nitrogens with two attached hydrogens (primary N) is 1. The molecule has 0 saturated carbocycles. The van der Waals surface area contributed by atoms with E-state index >= 15 is 0 Å². The standard InChI is InChI=1S/C12H14N2O2S/c13-11(17)8-1-3-9(4-2-8)12(16)14-6-5-10(15)7-14/h1-4,10,15H,5-7H2,(H2,13,17). The van der Waals surface area contributed by atoms with Crippen LogP contribution in [0.15, 0.2) is 24.3 Å². The van der Waals surface area contributed by atoms with Crippen LogP contribution in [0.1, 0.15) is 22.3 Å². The van der Waals surface area contributed by atoms with Gasteiger partial charge in [0.2, 0.25) is 0 Å². The van der Waals surface area contributed by atoms with Crippen LogP contribution < -0.4 is 5.73 Å². The van der Waals surface area contributed by atoms with Crippen molar-refractivity contribution in [1.82, 2.24) is 4.90 Å². The second-order valence-corrected chi connectivity index (χ2v) is 4.58. The largest absolute Gasteiger partial charge is 0.391 e. The SMILES string of the molecule is NC(=S)c1ccc(C(=O)N2CCC(O)C2)cc1. The molecular formula is C12H14N2O2S. The molecular weight excluding hydrogens is 236 g/mol. The molecule has 1 saturated heterocycles. The third kappa shape index (κ3) is 2.62. The van der Waals surface area contributed by atoms with Crippen molar-refractivity contribution < 1.29 is 9.90 Å². The number of rotatable bonds is 2. The molecule has 0 spiro atoms. The average molecular weight is 250 g/mol. The summed E-state index contributed by atoms with van der Waals surface area (Å²) in [6.45, 7) is 1.02. The zero-order chi connectivity index (χ0) is 12.4. The van der Waals surface area contributed by atoms with Gasteiger partial charge in [-0.25, -0.2) is 0 Å². The summed E-state index contributed by atoms with van der Waals surface area (Å²) in [6, 6.07) is 6.90. The minimum Gasteiger partial charge on any atom is -0.391 e. The van der Waals surface area contributed by atoms with E-state index in [9.17, 15) is 9.90 Å². The molecule has 1 aliphatic heterocycles. The molecule has 1 aliphatic rings. The van der Waals surface area contributed by atoms with E-state index in [2.05, 4.69) is 0 Å². The number of hydrogen-bond donors (Lipinski definition) is 2. The van der Waals surface area contributed by atoms with E-state index < -0.39 is 6.10 Å². The Balaban J connectivity index is 2.12. The fourth-order valence-electron chi connectivity index (χ4n) is 1.89. The van der Waals surface area contributed by atoms with Gasteiger partial charge in [-0.1, -0.05) is 24.4 Å². The Labute approximate surface area is 105 Å². The third-order valence-electron chi connectivity index (χ3n) is 2.87. The first kappa shape index (κ1) is 12.0. The highest BCUT2D eigenvalue weighted by molar-refractivity contribution is 7.80. The first-order valence-electron chi connectivity index (χ1n) is 5.45. The van der Waals surface area contributed by atoms with Crippen molar-refractivity contribution in [2.24, 2.45) is 5.73 Å². The number of thiocarbonyl (C=S) groups is 1. The van der Waals surface area contributed by atoms with Crippen LogP contribution in [0.4, 0.5) is 0 Å². The summed E-state index contributed by atoms with van der Waals surface area (Å²) >= 11 is 4.84. The number of benzene rings is 1. The van der Waals surface area contributed by atoms with E-state index in [1.165, 1.54) is 0 Å². The number of likely N-dealkylation sites (tertiary alicyclic amines) is 1. The monoisotopic (exact) mass is 250 g/mol. The average Bonchev–Trinajstić information content (AvgIpc) is 2.75. The molecule has 1 aromatic rings. The lowest BCUT2D eigenvalue weighted by molar-refractivity contribution is 0.0765. The Morgan fingerprint density at radius 1 is 1.35 bits per heavy atom. The zero-order valence-electron chi connectivity index (χ0n) is 9.30. The van der Waals surface area contributed by atoms with Gasteiger partial charge in [0.05, 0.1) is 6.10 Å². The van der Waals surface area contributed by atoms with Crippen LogP contribution in [0.2, 0.25) is 0 Å². The molecule has 1 atom stereocenters. The molecule has 5 heteroatoms. The number of hydrogen-bond acceptors (Lipinski definition) is 3. The van der Waals surface area contributed by atoms with Gasteiger partial charge in [0.25, 0.3) is 5.91 Å². The first-order chi connectivity index (χ1) is 8.08. The summed E-state index contributed by atoms with van der Waals surface area (Å²) in [5.41, 5.74) is 6.83. The van der Waals surface area contributed by atoms with E-state index in [0.29, 0.717) is 30.1 Å². The minimum atomic E-state index is -0.394. The summed E-state index contributed by atoms with van der Waals surface area (Å²) in [5.74, 6) is -0.0592. The Morgan fingerprint density at radius 2 is 1.94 bits per heavy atom. The van der Waals surface area contributed by atoms with Crippen molar-refractivity contribution in [2.75, 3.05) is 13.1 Å². The molecule has 1 heterocycles. The maximum atomic E-state index is 12.0. The lowest BCUT2D eigenvalue weighted by Crippen LogP contribution is -2.29. The van der Waals surface area contributed by atoms with Crippen LogP contribution in [0, 0.1) is 0 Å². The van der Waals surface area contributed by atoms with Crippen LogP contribution in [-0.2, 0) is 0 Å². The Kier molecular flexibility index (Phi) is 3.40. The van der Waals surface area contributed by atoms with Gasteiger partial charge in [-0.3, -0.25) is 4.79 Å². The number of amides is 1. The highest BCUT2D eigenvalue weighted by Gasteiger charge is 2.25. The fourth-order valence-corrected chi connectivity index (χ4v) is 2.02. The smallest absolute Gasteiger partial charge is 0.253 e. The van der Waals surface area contributed by atoms with Gasteiger partial charge in [-0.15, -0.1) is 0 Å². The molecule has 1 unspecified atom stereocenters. The molecule has 90 valence electrons. The minimum absolute atomic E-state index is 0.0592. The molecule has 1 fully saturated rings. The number of carbonyl (C=O) groups is 1. The second-order valence-electron chi connectivity index (χ2n) is 4.14. The summed E-state index contributed by atoms with van der Waals surface area (Å²) in [4.78, 5) is 14.0. The van der Waals surface area contributed by atoms with Gasteiger partial charge in [0.15, 0.2) is 0 Å². The number of carbonyl (C=O) groups excluding carboxylic acids is 1. The predicted octanol–water partition coefficient (Wildman–Crippen LogP) is 0.528. The maximum absolute atomic E-state index is 12.0. The van der Waals surface area contributed by atoms with E-state index in [-0.39, 0.29) is 5.91 Å². The summed E-state index contributed by atoms with van der Waals surface area (Å²) in [5, 5.41) is 9.38. The van der Waals surface area contributed by atoms with Crippen LogP contribution >= 0.6 is 12.2 Å². The van der Waals surface area contributed by atoms with Crippen molar-refractivity contribution in [3.63, 3.8) is 0 Å². The highest BCUT2D eigenvalue weighted by atomic mass is 32.1. The van der Waals surface area contributed by atoms with Gasteiger partial charge in [0, 0.05) is 24.2 Å². The third-order valence-corrected chi connectivity index (χ3v) is 3.10. The highest BCUT2D eigenvalue weighted by Crippen LogP contribution is 2.14. The first-order valence-corrected chi connectivity index (χ1v) is 5.86. The quantitative estimate of drug-likeness (QED) is 0.751. The molecule has 1 amide bonds.